The van der Waals surface area contributed by atoms with Crippen LogP contribution in [0.1, 0.15) is 26.3 Å². The van der Waals surface area contributed by atoms with Gasteiger partial charge in [0, 0.05) is 5.56 Å². The van der Waals surface area contributed by atoms with Crippen molar-refractivity contribution >= 4 is 44.8 Å². The van der Waals surface area contributed by atoms with Crippen LogP contribution in [0.2, 0.25) is 0 Å². The van der Waals surface area contributed by atoms with E-state index in [4.69, 9.17) is 0 Å². The number of carbonyl (C=O) groups excluding carboxylic acids is 2. The molecular weight excluding hydrogens is 436 g/mol. The fourth-order valence-corrected chi connectivity index (χ4v) is 3.77. The van der Waals surface area contributed by atoms with Crippen LogP contribution in [0.5, 0.6) is 0 Å². The number of ether oxygens (including phenoxy) is 1. The molecule has 0 bridgehead atoms. The van der Waals surface area contributed by atoms with E-state index in [-0.39, 0.29) is 10.7 Å². The maximum atomic E-state index is 13.6. The molecule has 0 atom stereocenters. The van der Waals surface area contributed by atoms with E-state index >= 15 is 0 Å². The molecule has 1 amide bonds. The van der Waals surface area contributed by atoms with Crippen molar-refractivity contribution in [1.82, 2.24) is 4.98 Å². The van der Waals surface area contributed by atoms with Crippen LogP contribution >= 0.6 is 11.3 Å². The molecule has 0 aliphatic carbocycles. The van der Waals surface area contributed by atoms with E-state index in [9.17, 15) is 18.4 Å². The number of carbonyl (C=O) groups is 2. The Labute approximate surface area is 185 Å². The Morgan fingerprint density at radius 1 is 0.969 bits per heavy atom. The highest BCUT2D eigenvalue weighted by Crippen LogP contribution is 2.30. The van der Waals surface area contributed by atoms with Crippen LogP contribution in [-0.2, 0) is 4.74 Å². The predicted molar refractivity (Wildman–Crippen MR) is 118 cm³/mol. The van der Waals surface area contributed by atoms with Gasteiger partial charge in [-0.2, -0.15) is 10.1 Å². The Balaban J connectivity index is 1.72. The van der Waals surface area contributed by atoms with Gasteiger partial charge in [0.1, 0.15) is 11.6 Å². The lowest BCUT2D eigenvalue weighted by atomic mass is 10.1. The first-order valence-electron chi connectivity index (χ1n) is 9.33. The van der Waals surface area contributed by atoms with E-state index in [1.807, 2.05) is 0 Å². The van der Waals surface area contributed by atoms with Gasteiger partial charge in [-0.3, -0.25) is 4.79 Å². The number of nitrogens with zero attached hydrogens (tertiary/aromatic N) is 3. The van der Waals surface area contributed by atoms with Gasteiger partial charge in [0.15, 0.2) is 0 Å². The molecule has 4 rings (SSSR count). The SMILES string of the molecule is COC(=O)c1ccc(C(=O)N(/N=C/c2ccc(F)cc2)c2nc3ccc(F)cc3s2)cc1. The Bertz CT molecular complexity index is 1320. The van der Waals surface area contributed by atoms with Gasteiger partial charge in [-0.05, 0) is 60.2 Å². The molecular formula is C23H15F2N3O3S. The highest BCUT2D eigenvalue weighted by Gasteiger charge is 2.21. The van der Waals surface area contributed by atoms with Gasteiger partial charge in [-0.15, -0.1) is 0 Å². The van der Waals surface area contributed by atoms with Gasteiger partial charge >= 0.3 is 5.97 Å². The zero-order valence-corrected chi connectivity index (χ0v) is 17.5. The molecule has 1 aromatic heterocycles. The standard InChI is InChI=1S/C23H15F2N3O3S/c1-31-22(30)16-6-4-15(5-7-16)21(29)28(26-13-14-2-8-17(24)9-3-14)23-27-19-11-10-18(25)12-20(19)32-23/h2-13H,1H3/b26-13+. The van der Waals surface area contributed by atoms with Crippen molar-refractivity contribution in [2.24, 2.45) is 5.10 Å². The van der Waals surface area contributed by atoms with Crippen LogP contribution in [0.3, 0.4) is 0 Å². The Kier molecular flexibility index (Phi) is 6.00. The number of esters is 1. The van der Waals surface area contributed by atoms with E-state index in [1.54, 1.807) is 0 Å². The van der Waals surface area contributed by atoms with Gasteiger partial charge in [0.25, 0.3) is 5.91 Å². The number of thiazole rings is 1. The van der Waals surface area contributed by atoms with E-state index in [0.717, 1.165) is 16.3 Å². The molecule has 0 saturated heterocycles. The van der Waals surface area contributed by atoms with Crippen molar-refractivity contribution in [3.63, 3.8) is 0 Å². The zero-order chi connectivity index (χ0) is 22.7. The summed E-state index contributed by atoms with van der Waals surface area (Å²) in [7, 11) is 1.27. The van der Waals surface area contributed by atoms with Gasteiger partial charge in [0.05, 0.1) is 29.1 Å². The first-order chi connectivity index (χ1) is 15.4. The number of halogens is 2. The molecule has 0 fully saturated rings. The number of hydrogen-bond donors (Lipinski definition) is 0. The lowest BCUT2D eigenvalue weighted by Gasteiger charge is -2.14. The lowest BCUT2D eigenvalue weighted by Crippen LogP contribution is -2.25. The summed E-state index contributed by atoms with van der Waals surface area (Å²) in [5.74, 6) is -1.85. The van der Waals surface area contributed by atoms with Crippen LogP contribution in [-0.4, -0.2) is 30.2 Å². The molecule has 0 spiro atoms. The quantitative estimate of drug-likeness (QED) is 0.242. The number of methoxy groups -OCH3 is 1. The Morgan fingerprint density at radius 2 is 1.62 bits per heavy atom. The molecule has 160 valence electrons. The maximum Gasteiger partial charge on any atom is 0.337 e. The average molecular weight is 451 g/mol. The first kappa shape index (κ1) is 21.3. The highest BCUT2D eigenvalue weighted by atomic mass is 32.1. The summed E-state index contributed by atoms with van der Waals surface area (Å²) in [6, 6.07) is 15.6. The molecule has 0 radical (unpaired) electrons. The van der Waals surface area contributed by atoms with Crippen molar-refractivity contribution in [3.8, 4) is 0 Å². The number of hydrazone groups is 1. The molecule has 0 aliphatic heterocycles. The fraction of sp³-hybridized carbons (Fsp3) is 0.0435. The topological polar surface area (TPSA) is 71.9 Å². The molecule has 0 N–H and O–H groups in total. The van der Waals surface area contributed by atoms with E-state index < -0.39 is 23.5 Å². The number of anilines is 1. The second-order valence-corrected chi connectivity index (χ2v) is 7.60. The van der Waals surface area contributed by atoms with Crippen molar-refractivity contribution < 1.29 is 23.1 Å². The summed E-state index contributed by atoms with van der Waals surface area (Å²) in [5.41, 5.74) is 1.62. The van der Waals surface area contributed by atoms with Crippen LogP contribution in [0.15, 0.2) is 71.8 Å². The number of aromatic nitrogens is 1. The average Bonchev–Trinajstić information content (AvgIpc) is 3.22. The molecule has 3 aromatic carbocycles. The normalized spacial score (nSPS) is 11.1. The van der Waals surface area contributed by atoms with Crippen molar-refractivity contribution in [1.29, 1.82) is 0 Å². The highest BCUT2D eigenvalue weighted by molar-refractivity contribution is 7.22. The molecule has 1 heterocycles. The summed E-state index contributed by atoms with van der Waals surface area (Å²) >= 11 is 1.10. The van der Waals surface area contributed by atoms with Crippen LogP contribution in [0, 0.1) is 11.6 Å². The fourth-order valence-electron chi connectivity index (χ4n) is 2.83. The van der Waals surface area contributed by atoms with Gasteiger partial charge in [0.2, 0.25) is 5.13 Å². The summed E-state index contributed by atoms with van der Waals surface area (Å²) in [4.78, 5) is 29.3. The Morgan fingerprint density at radius 3 is 2.31 bits per heavy atom. The van der Waals surface area contributed by atoms with E-state index in [2.05, 4.69) is 14.8 Å². The summed E-state index contributed by atoms with van der Waals surface area (Å²) in [6.45, 7) is 0. The van der Waals surface area contributed by atoms with E-state index in [0.29, 0.717) is 21.3 Å². The summed E-state index contributed by atoms with van der Waals surface area (Å²) in [6.07, 6.45) is 1.40. The third-order valence-corrected chi connectivity index (χ3v) is 5.45. The molecule has 0 aliphatic rings. The van der Waals surface area contributed by atoms with Crippen LogP contribution in [0.4, 0.5) is 13.9 Å². The number of amides is 1. The second-order valence-electron chi connectivity index (χ2n) is 6.59. The summed E-state index contributed by atoms with van der Waals surface area (Å²) < 4.78 is 32.0. The molecule has 32 heavy (non-hydrogen) atoms. The molecule has 4 aromatic rings. The third-order valence-electron chi connectivity index (χ3n) is 4.46. The van der Waals surface area contributed by atoms with Crippen molar-refractivity contribution in [3.05, 3.63) is 95.1 Å². The number of hydrogen-bond acceptors (Lipinski definition) is 6. The lowest BCUT2D eigenvalue weighted by molar-refractivity contribution is 0.0600. The molecule has 6 nitrogen and oxygen atoms in total. The zero-order valence-electron chi connectivity index (χ0n) is 16.7. The van der Waals surface area contributed by atoms with Crippen molar-refractivity contribution in [2.45, 2.75) is 0 Å². The van der Waals surface area contributed by atoms with Gasteiger partial charge in [-0.25, -0.2) is 18.6 Å². The maximum absolute atomic E-state index is 13.6. The minimum atomic E-state index is -0.525. The minimum absolute atomic E-state index is 0.228. The van der Waals surface area contributed by atoms with Crippen LogP contribution < -0.4 is 5.01 Å². The third kappa shape index (κ3) is 4.52. The molecule has 9 heteroatoms. The van der Waals surface area contributed by atoms with Gasteiger partial charge in [-0.1, -0.05) is 23.5 Å². The smallest absolute Gasteiger partial charge is 0.337 e. The van der Waals surface area contributed by atoms with E-state index in [1.165, 1.54) is 80.1 Å². The van der Waals surface area contributed by atoms with Crippen molar-refractivity contribution in [2.75, 3.05) is 12.1 Å². The minimum Gasteiger partial charge on any atom is -0.465 e. The number of benzene rings is 3. The second kappa shape index (κ2) is 9.03. The largest absolute Gasteiger partial charge is 0.465 e. The first-order valence-corrected chi connectivity index (χ1v) is 10.1. The number of fused-ring (bicyclic) bond motifs is 1. The molecule has 0 unspecified atom stereocenters. The monoisotopic (exact) mass is 451 g/mol. The predicted octanol–water partition coefficient (Wildman–Crippen LogP) is 5.04. The summed E-state index contributed by atoms with van der Waals surface area (Å²) in [5, 5.41) is 5.57. The molecule has 0 saturated carbocycles. The van der Waals surface area contributed by atoms with Gasteiger partial charge < -0.3 is 4.74 Å². The van der Waals surface area contributed by atoms with Crippen LogP contribution in [0.25, 0.3) is 10.2 Å². The number of rotatable bonds is 5. The Hall–Kier alpha value is -3.98.